The van der Waals surface area contributed by atoms with E-state index in [2.05, 4.69) is 0 Å². The Morgan fingerprint density at radius 3 is 2.56 bits per heavy atom. The summed E-state index contributed by atoms with van der Waals surface area (Å²) in [4.78, 5) is 42.5. The van der Waals surface area contributed by atoms with E-state index in [0.717, 1.165) is 5.69 Å². The first kappa shape index (κ1) is 22.0. The number of hydrogen-bond donors (Lipinski definition) is 0. The van der Waals surface area contributed by atoms with Crippen molar-refractivity contribution >= 4 is 46.6 Å². The van der Waals surface area contributed by atoms with E-state index in [9.17, 15) is 14.4 Å². The molecule has 0 aromatic heterocycles. The SMILES string of the molecule is CCOC(=O)CN1CCCN(C(=O)c2ccc(N3CCOC3=O)cc2Cl)c2ccccc21. The van der Waals surface area contributed by atoms with E-state index in [0.29, 0.717) is 56.2 Å². The number of amides is 2. The molecule has 2 amide bonds. The number of hydrogen-bond acceptors (Lipinski definition) is 6. The third kappa shape index (κ3) is 4.36. The van der Waals surface area contributed by atoms with Gasteiger partial charge >= 0.3 is 12.1 Å². The van der Waals surface area contributed by atoms with Gasteiger partial charge < -0.3 is 19.3 Å². The van der Waals surface area contributed by atoms with Gasteiger partial charge in [0, 0.05) is 18.8 Å². The van der Waals surface area contributed by atoms with Crippen molar-refractivity contribution in [1.82, 2.24) is 0 Å². The summed E-state index contributed by atoms with van der Waals surface area (Å²) < 4.78 is 10.1. The number of benzene rings is 2. The third-order valence-corrected chi connectivity index (χ3v) is 5.76. The Balaban J connectivity index is 1.61. The topological polar surface area (TPSA) is 79.4 Å². The molecule has 0 bridgehead atoms. The second-order valence-corrected chi connectivity index (χ2v) is 7.86. The fourth-order valence-electron chi connectivity index (χ4n) is 3.98. The van der Waals surface area contributed by atoms with Crippen LogP contribution in [0, 0.1) is 0 Å². The molecule has 0 aliphatic carbocycles. The van der Waals surface area contributed by atoms with Gasteiger partial charge in [-0.1, -0.05) is 23.7 Å². The summed E-state index contributed by atoms with van der Waals surface area (Å²) in [6.07, 6.45) is 0.248. The van der Waals surface area contributed by atoms with Gasteiger partial charge in [-0.3, -0.25) is 14.5 Å². The van der Waals surface area contributed by atoms with Gasteiger partial charge in [0.05, 0.1) is 35.1 Å². The number of esters is 1. The van der Waals surface area contributed by atoms with Crippen molar-refractivity contribution in [2.24, 2.45) is 0 Å². The molecule has 0 saturated carbocycles. The summed E-state index contributed by atoms with van der Waals surface area (Å²) in [6, 6.07) is 12.4. The molecule has 4 rings (SSSR count). The predicted octanol–water partition coefficient (Wildman–Crippen LogP) is 3.72. The van der Waals surface area contributed by atoms with Crippen LogP contribution in [0.15, 0.2) is 42.5 Å². The van der Waals surface area contributed by atoms with Crippen molar-refractivity contribution in [2.45, 2.75) is 13.3 Å². The Morgan fingerprint density at radius 1 is 1.09 bits per heavy atom. The molecule has 0 atom stereocenters. The van der Waals surface area contributed by atoms with Crippen molar-refractivity contribution in [2.75, 3.05) is 54.1 Å². The fourth-order valence-corrected chi connectivity index (χ4v) is 4.23. The zero-order valence-electron chi connectivity index (χ0n) is 17.8. The number of carbonyl (C=O) groups is 3. The maximum absolute atomic E-state index is 13.5. The van der Waals surface area contributed by atoms with Gasteiger partial charge in [0.25, 0.3) is 5.91 Å². The van der Waals surface area contributed by atoms with Crippen LogP contribution >= 0.6 is 11.6 Å². The molecule has 8 nitrogen and oxygen atoms in total. The number of carbonyl (C=O) groups excluding carboxylic acids is 3. The lowest BCUT2D eigenvalue weighted by atomic mass is 10.1. The average Bonchev–Trinajstić information content (AvgIpc) is 3.13. The predicted molar refractivity (Wildman–Crippen MR) is 122 cm³/mol. The van der Waals surface area contributed by atoms with Gasteiger partial charge in [0.2, 0.25) is 0 Å². The molecular formula is C23H24ClN3O5. The number of nitrogens with zero attached hydrogens (tertiary/aromatic N) is 3. The smallest absolute Gasteiger partial charge is 0.414 e. The van der Waals surface area contributed by atoms with Gasteiger partial charge in [-0.25, -0.2) is 4.79 Å². The number of para-hydroxylation sites is 2. The maximum Gasteiger partial charge on any atom is 0.414 e. The minimum atomic E-state index is -0.428. The van der Waals surface area contributed by atoms with Gasteiger partial charge in [0.1, 0.15) is 13.2 Å². The second-order valence-electron chi connectivity index (χ2n) is 7.46. The molecule has 0 spiro atoms. The van der Waals surface area contributed by atoms with E-state index < -0.39 is 6.09 Å². The number of fused-ring (bicyclic) bond motifs is 1. The Bertz CT molecular complexity index is 1040. The molecule has 2 aliphatic heterocycles. The second kappa shape index (κ2) is 9.48. The summed E-state index contributed by atoms with van der Waals surface area (Å²) >= 11 is 6.47. The highest BCUT2D eigenvalue weighted by Crippen LogP contribution is 2.34. The summed E-state index contributed by atoms with van der Waals surface area (Å²) in [6.45, 7) is 4.07. The highest BCUT2D eigenvalue weighted by molar-refractivity contribution is 6.35. The molecule has 0 radical (unpaired) electrons. The van der Waals surface area contributed by atoms with Crippen LogP contribution in [0.3, 0.4) is 0 Å². The summed E-state index contributed by atoms with van der Waals surface area (Å²) in [5, 5.41) is 0.261. The van der Waals surface area contributed by atoms with Crippen LogP contribution in [0.25, 0.3) is 0 Å². The van der Waals surface area contributed by atoms with Gasteiger partial charge in [-0.15, -0.1) is 0 Å². The first-order valence-electron chi connectivity index (χ1n) is 10.5. The van der Waals surface area contributed by atoms with Crippen LogP contribution in [-0.2, 0) is 14.3 Å². The normalized spacial score (nSPS) is 15.8. The molecule has 9 heteroatoms. The van der Waals surface area contributed by atoms with E-state index in [-0.39, 0.29) is 23.4 Å². The van der Waals surface area contributed by atoms with Crippen LogP contribution in [0.2, 0.25) is 5.02 Å². The van der Waals surface area contributed by atoms with Crippen molar-refractivity contribution in [3.8, 4) is 0 Å². The minimum absolute atomic E-state index is 0.119. The van der Waals surface area contributed by atoms with Crippen LogP contribution in [0.4, 0.5) is 21.9 Å². The zero-order valence-corrected chi connectivity index (χ0v) is 18.5. The van der Waals surface area contributed by atoms with Gasteiger partial charge in [-0.2, -0.15) is 0 Å². The molecule has 1 saturated heterocycles. The molecule has 0 unspecified atom stereocenters. The van der Waals surface area contributed by atoms with E-state index in [1.54, 1.807) is 30.0 Å². The van der Waals surface area contributed by atoms with E-state index in [4.69, 9.17) is 21.1 Å². The lowest BCUT2D eigenvalue weighted by molar-refractivity contribution is -0.141. The quantitative estimate of drug-likeness (QED) is 0.637. The van der Waals surface area contributed by atoms with Crippen molar-refractivity contribution in [3.63, 3.8) is 0 Å². The summed E-state index contributed by atoms with van der Waals surface area (Å²) in [5.41, 5.74) is 2.43. The zero-order chi connectivity index (χ0) is 22.7. The average molecular weight is 458 g/mol. The minimum Gasteiger partial charge on any atom is -0.465 e. The molecule has 1 fully saturated rings. The Labute approximate surface area is 191 Å². The van der Waals surface area contributed by atoms with Crippen molar-refractivity contribution in [1.29, 1.82) is 0 Å². The lowest BCUT2D eigenvalue weighted by Crippen LogP contribution is -2.32. The van der Waals surface area contributed by atoms with Crippen LogP contribution < -0.4 is 14.7 Å². The Kier molecular flexibility index (Phi) is 6.50. The van der Waals surface area contributed by atoms with Crippen molar-refractivity contribution in [3.05, 3.63) is 53.1 Å². The monoisotopic (exact) mass is 457 g/mol. The molecule has 2 aromatic rings. The highest BCUT2D eigenvalue weighted by atomic mass is 35.5. The van der Waals surface area contributed by atoms with Gasteiger partial charge in [-0.05, 0) is 43.7 Å². The number of anilines is 3. The molecule has 168 valence electrons. The fraction of sp³-hybridized carbons (Fsp3) is 0.348. The van der Waals surface area contributed by atoms with E-state index in [1.807, 2.05) is 29.2 Å². The molecule has 2 aromatic carbocycles. The molecular weight excluding hydrogens is 434 g/mol. The van der Waals surface area contributed by atoms with Gasteiger partial charge in [0.15, 0.2) is 0 Å². The molecule has 32 heavy (non-hydrogen) atoms. The van der Waals surface area contributed by atoms with Crippen LogP contribution in [0.5, 0.6) is 0 Å². The number of rotatable bonds is 5. The summed E-state index contributed by atoms with van der Waals surface area (Å²) in [7, 11) is 0. The first-order valence-corrected chi connectivity index (χ1v) is 10.9. The van der Waals surface area contributed by atoms with Crippen molar-refractivity contribution < 1.29 is 23.9 Å². The summed E-state index contributed by atoms with van der Waals surface area (Å²) in [5.74, 6) is -0.544. The van der Waals surface area contributed by atoms with E-state index in [1.165, 1.54) is 4.90 Å². The standard InChI is InChI=1S/C23H24ClN3O5/c1-2-31-21(28)15-25-10-5-11-27(20-7-4-3-6-19(20)25)22(29)17-9-8-16(14-18(17)24)26-12-13-32-23(26)30/h3-4,6-9,14H,2,5,10-13,15H2,1H3. The van der Waals surface area contributed by atoms with Crippen LogP contribution in [-0.4, -0.2) is 57.4 Å². The lowest BCUT2D eigenvalue weighted by Gasteiger charge is -2.26. The maximum atomic E-state index is 13.5. The first-order chi connectivity index (χ1) is 15.5. The molecule has 0 N–H and O–H groups in total. The Morgan fingerprint density at radius 2 is 1.88 bits per heavy atom. The van der Waals surface area contributed by atoms with Crippen LogP contribution in [0.1, 0.15) is 23.7 Å². The largest absolute Gasteiger partial charge is 0.465 e. The third-order valence-electron chi connectivity index (χ3n) is 5.45. The molecule has 2 heterocycles. The highest BCUT2D eigenvalue weighted by Gasteiger charge is 2.29. The number of ether oxygens (including phenoxy) is 2. The Hall–Kier alpha value is -3.26. The molecule has 2 aliphatic rings. The van der Waals surface area contributed by atoms with E-state index >= 15 is 0 Å². The number of cyclic esters (lactones) is 1. The number of halogens is 1.